The van der Waals surface area contributed by atoms with Gasteiger partial charge in [0.25, 0.3) is 0 Å². The summed E-state index contributed by atoms with van der Waals surface area (Å²) >= 11 is 1.50. The number of hydrogen-bond acceptors (Lipinski definition) is 5. The van der Waals surface area contributed by atoms with E-state index < -0.39 is 12.0 Å². The van der Waals surface area contributed by atoms with E-state index >= 15 is 0 Å². The van der Waals surface area contributed by atoms with Crippen molar-refractivity contribution in [1.29, 1.82) is 0 Å². The highest BCUT2D eigenvalue weighted by atomic mass is 32.1. The van der Waals surface area contributed by atoms with E-state index in [1.165, 1.54) is 22.3 Å². The molecule has 1 atom stereocenters. The molecular weight excluding hydrogens is 268 g/mol. The number of carbonyl (C=O) groups excluding carboxylic acids is 1. The molecule has 0 aliphatic carbocycles. The molecule has 19 heavy (non-hydrogen) atoms. The zero-order valence-electron chi connectivity index (χ0n) is 10.4. The van der Waals surface area contributed by atoms with Crippen LogP contribution in [0, 0.1) is 6.92 Å². The van der Waals surface area contributed by atoms with E-state index in [-0.39, 0.29) is 19.1 Å². The lowest BCUT2D eigenvalue weighted by Gasteiger charge is -2.31. The second kappa shape index (κ2) is 5.94. The lowest BCUT2D eigenvalue weighted by molar-refractivity contribution is -0.156. The summed E-state index contributed by atoms with van der Waals surface area (Å²) < 4.78 is 5.08. The fourth-order valence-corrected chi connectivity index (χ4v) is 2.36. The first-order valence-electron chi connectivity index (χ1n) is 5.79. The van der Waals surface area contributed by atoms with Crippen molar-refractivity contribution in [2.75, 3.05) is 19.8 Å². The molecule has 2 rings (SSSR count). The largest absolute Gasteiger partial charge is 0.480 e. The maximum absolute atomic E-state index is 12.0. The van der Waals surface area contributed by atoms with Crippen molar-refractivity contribution in [2.24, 2.45) is 0 Å². The van der Waals surface area contributed by atoms with Crippen molar-refractivity contribution in [3.63, 3.8) is 0 Å². The molecule has 7 heteroatoms. The molecule has 1 aliphatic heterocycles. The van der Waals surface area contributed by atoms with Crippen LogP contribution in [0.3, 0.4) is 0 Å². The lowest BCUT2D eigenvalue weighted by atomic mass is 10.2. The third-order valence-corrected chi connectivity index (χ3v) is 3.52. The molecule has 1 saturated heterocycles. The highest BCUT2D eigenvalue weighted by molar-refractivity contribution is 7.09. The minimum absolute atomic E-state index is 0.0325. The predicted molar refractivity (Wildman–Crippen MR) is 69.8 cm³/mol. The number of amides is 1. The Morgan fingerprint density at radius 1 is 1.63 bits per heavy atom. The molecule has 1 amide bonds. The van der Waals surface area contributed by atoms with E-state index in [2.05, 4.69) is 4.98 Å². The van der Waals surface area contributed by atoms with Crippen molar-refractivity contribution in [3.8, 4) is 0 Å². The molecular formula is C12H14N2O4S. The SMILES string of the molecule is Cc1nc(/C=C/C(=O)N2CCOC[C@H]2C(=O)O)cs1. The van der Waals surface area contributed by atoms with Crippen LogP contribution in [0.15, 0.2) is 11.5 Å². The Labute approximate surface area is 114 Å². The average Bonchev–Trinajstić information content (AvgIpc) is 2.81. The number of aromatic nitrogens is 1. The van der Waals surface area contributed by atoms with Crippen molar-refractivity contribution in [3.05, 3.63) is 22.2 Å². The first-order valence-corrected chi connectivity index (χ1v) is 6.67. The van der Waals surface area contributed by atoms with E-state index in [9.17, 15) is 9.59 Å². The third kappa shape index (κ3) is 3.39. The fourth-order valence-electron chi connectivity index (χ4n) is 1.78. The maximum Gasteiger partial charge on any atom is 0.328 e. The Kier molecular flexibility index (Phi) is 4.28. The Bertz CT molecular complexity index is 512. The molecule has 0 saturated carbocycles. The fraction of sp³-hybridized carbons (Fsp3) is 0.417. The summed E-state index contributed by atoms with van der Waals surface area (Å²) in [5.41, 5.74) is 0.705. The number of carboxylic acid groups (broad SMARTS) is 1. The van der Waals surface area contributed by atoms with Crippen molar-refractivity contribution < 1.29 is 19.4 Å². The molecule has 2 heterocycles. The number of carboxylic acids is 1. The van der Waals surface area contributed by atoms with E-state index in [0.29, 0.717) is 12.3 Å². The topological polar surface area (TPSA) is 79.7 Å². The number of morpholine rings is 1. The van der Waals surface area contributed by atoms with Gasteiger partial charge in [-0.3, -0.25) is 4.79 Å². The summed E-state index contributed by atoms with van der Waals surface area (Å²) in [7, 11) is 0. The minimum atomic E-state index is -1.05. The highest BCUT2D eigenvalue weighted by Crippen LogP contribution is 2.11. The van der Waals surface area contributed by atoms with Crippen LogP contribution in [0.4, 0.5) is 0 Å². The molecule has 1 aromatic heterocycles. The standard InChI is InChI=1S/C12H14N2O4S/c1-8-13-9(7-19-8)2-3-11(15)14-4-5-18-6-10(14)12(16)17/h2-3,7,10H,4-6H2,1H3,(H,16,17)/b3-2+/t10-/m0/s1. The minimum Gasteiger partial charge on any atom is -0.480 e. The van der Waals surface area contributed by atoms with Crippen molar-refractivity contribution >= 4 is 29.3 Å². The smallest absolute Gasteiger partial charge is 0.328 e. The van der Waals surface area contributed by atoms with Crippen LogP contribution in [0.2, 0.25) is 0 Å². The van der Waals surface area contributed by atoms with E-state index in [1.54, 1.807) is 6.08 Å². The lowest BCUT2D eigenvalue weighted by Crippen LogP contribution is -2.52. The molecule has 0 radical (unpaired) electrons. The quantitative estimate of drug-likeness (QED) is 0.829. The van der Waals surface area contributed by atoms with Crippen LogP contribution in [-0.2, 0) is 14.3 Å². The summed E-state index contributed by atoms with van der Waals surface area (Å²) in [5.74, 6) is -1.38. The molecule has 0 unspecified atom stereocenters. The number of carbonyl (C=O) groups is 2. The number of rotatable bonds is 3. The molecule has 1 aromatic rings. The van der Waals surface area contributed by atoms with Gasteiger partial charge in [0, 0.05) is 18.0 Å². The number of nitrogens with zero attached hydrogens (tertiary/aromatic N) is 2. The Hall–Kier alpha value is -1.73. The molecule has 102 valence electrons. The second-order valence-electron chi connectivity index (χ2n) is 4.09. The maximum atomic E-state index is 12.0. The summed E-state index contributed by atoms with van der Waals surface area (Å²) in [6, 6.07) is -0.914. The van der Waals surface area contributed by atoms with Crippen LogP contribution < -0.4 is 0 Å². The van der Waals surface area contributed by atoms with Gasteiger partial charge in [0.1, 0.15) is 0 Å². The van der Waals surface area contributed by atoms with Gasteiger partial charge in [-0.25, -0.2) is 9.78 Å². The van der Waals surface area contributed by atoms with Crippen molar-refractivity contribution in [2.45, 2.75) is 13.0 Å². The number of aliphatic carboxylic acids is 1. The first-order chi connectivity index (χ1) is 9.08. The molecule has 1 fully saturated rings. The molecule has 0 bridgehead atoms. The normalized spacial score (nSPS) is 19.8. The van der Waals surface area contributed by atoms with Crippen LogP contribution in [0.1, 0.15) is 10.7 Å². The summed E-state index contributed by atoms with van der Waals surface area (Å²) in [6.45, 7) is 2.56. The van der Waals surface area contributed by atoms with Gasteiger partial charge in [0.15, 0.2) is 6.04 Å². The predicted octanol–water partition coefficient (Wildman–Crippen LogP) is 0.777. The zero-order chi connectivity index (χ0) is 13.8. The molecule has 0 aromatic carbocycles. The van der Waals surface area contributed by atoms with Crippen LogP contribution in [-0.4, -0.2) is 52.7 Å². The van der Waals surface area contributed by atoms with Crippen LogP contribution >= 0.6 is 11.3 Å². The summed E-state index contributed by atoms with van der Waals surface area (Å²) in [4.78, 5) is 28.5. The van der Waals surface area contributed by atoms with Crippen LogP contribution in [0.5, 0.6) is 0 Å². The third-order valence-electron chi connectivity index (χ3n) is 2.73. The van der Waals surface area contributed by atoms with Gasteiger partial charge in [0.05, 0.1) is 23.9 Å². The Morgan fingerprint density at radius 3 is 3.05 bits per heavy atom. The first kappa shape index (κ1) is 13.7. The van der Waals surface area contributed by atoms with Gasteiger partial charge in [-0.05, 0) is 13.0 Å². The highest BCUT2D eigenvalue weighted by Gasteiger charge is 2.31. The van der Waals surface area contributed by atoms with Crippen molar-refractivity contribution in [1.82, 2.24) is 9.88 Å². The van der Waals surface area contributed by atoms with Gasteiger partial charge in [-0.2, -0.15) is 0 Å². The summed E-state index contributed by atoms with van der Waals surface area (Å²) in [5, 5.41) is 11.8. The Morgan fingerprint density at radius 2 is 2.42 bits per heavy atom. The molecule has 1 N–H and O–H groups in total. The summed E-state index contributed by atoms with van der Waals surface area (Å²) in [6.07, 6.45) is 2.95. The second-order valence-corrected chi connectivity index (χ2v) is 5.15. The van der Waals surface area contributed by atoms with Gasteiger partial charge in [-0.15, -0.1) is 11.3 Å². The molecule has 0 spiro atoms. The number of hydrogen-bond donors (Lipinski definition) is 1. The van der Waals surface area contributed by atoms with Gasteiger partial charge in [-0.1, -0.05) is 0 Å². The van der Waals surface area contributed by atoms with Gasteiger partial charge in [0.2, 0.25) is 5.91 Å². The zero-order valence-corrected chi connectivity index (χ0v) is 11.2. The molecule has 1 aliphatic rings. The van der Waals surface area contributed by atoms with Crippen LogP contribution in [0.25, 0.3) is 6.08 Å². The van der Waals surface area contributed by atoms with E-state index in [4.69, 9.17) is 9.84 Å². The van der Waals surface area contributed by atoms with E-state index in [1.807, 2.05) is 12.3 Å². The monoisotopic (exact) mass is 282 g/mol. The number of ether oxygens (including phenoxy) is 1. The average molecular weight is 282 g/mol. The van der Waals surface area contributed by atoms with Gasteiger partial charge >= 0.3 is 5.97 Å². The van der Waals surface area contributed by atoms with E-state index in [0.717, 1.165) is 5.01 Å². The molecule has 6 nitrogen and oxygen atoms in total. The van der Waals surface area contributed by atoms with Gasteiger partial charge < -0.3 is 14.7 Å². The number of thiazole rings is 1. The Balaban J connectivity index is 2.05. The number of aryl methyl sites for hydroxylation is 1.